The molecular weight excluding hydrogens is 1240 g/mol. The Morgan fingerprint density at radius 1 is 0.892 bits per heavy atom. The number of alkyl halides is 1. The van der Waals surface area contributed by atoms with Crippen molar-refractivity contribution in [3.8, 4) is 38.8 Å². The maximum atomic E-state index is 16.3. The number of rotatable bonds is 20. The van der Waals surface area contributed by atoms with Gasteiger partial charge in [-0.1, -0.05) is 81.8 Å². The fourth-order valence-corrected chi connectivity index (χ4v) is 15.1. The molecule has 4 aromatic carbocycles. The molecule has 5 atom stereocenters. The van der Waals surface area contributed by atoms with Crippen LogP contribution in [-0.2, 0) is 40.9 Å². The van der Waals surface area contributed by atoms with Gasteiger partial charge in [0.05, 0.1) is 52.1 Å². The number of nitrogens with two attached hydrogens (primary N) is 1. The monoisotopic (exact) mass is 1320 g/mol. The first-order valence-corrected chi connectivity index (χ1v) is 33.4. The summed E-state index contributed by atoms with van der Waals surface area (Å²) in [5, 5.41) is 19.6. The number of aromatic nitrogens is 1. The maximum Gasteiger partial charge on any atom is 0.260 e. The summed E-state index contributed by atoms with van der Waals surface area (Å²) in [6.07, 6.45) is 4.51. The van der Waals surface area contributed by atoms with E-state index >= 15 is 8.78 Å². The van der Waals surface area contributed by atoms with Crippen LogP contribution in [0.1, 0.15) is 137 Å². The van der Waals surface area contributed by atoms with Crippen LogP contribution in [0.25, 0.3) is 21.6 Å². The van der Waals surface area contributed by atoms with Crippen LogP contribution in [0.5, 0.6) is 17.2 Å². The van der Waals surface area contributed by atoms with E-state index in [2.05, 4.69) is 20.9 Å². The number of ether oxygens (including phenoxy) is 4. The lowest BCUT2D eigenvalue weighted by Gasteiger charge is -2.39. The quantitative estimate of drug-likeness (QED) is 0.0489. The Kier molecular flexibility index (Phi) is 19.9. The number of halogens is 4. The van der Waals surface area contributed by atoms with Crippen LogP contribution in [0.4, 0.5) is 13.2 Å². The predicted octanol–water partition coefficient (Wildman–Crippen LogP) is 9.05. The van der Waals surface area contributed by atoms with Crippen LogP contribution in [0, 0.1) is 29.9 Å². The van der Waals surface area contributed by atoms with Crippen LogP contribution in [0.3, 0.4) is 0 Å². The first kappa shape index (κ1) is 67.1. The summed E-state index contributed by atoms with van der Waals surface area (Å²) in [5.41, 5.74) is 6.48. The van der Waals surface area contributed by atoms with E-state index in [-0.39, 0.29) is 115 Å². The summed E-state index contributed by atoms with van der Waals surface area (Å²) in [6, 6.07) is 16.7. The average Bonchev–Trinajstić information content (AvgIpc) is 1.59. The van der Waals surface area contributed by atoms with Gasteiger partial charge in [0.1, 0.15) is 29.4 Å². The molecule has 6 amide bonds. The van der Waals surface area contributed by atoms with Gasteiger partial charge >= 0.3 is 0 Å². The van der Waals surface area contributed by atoms with E-state index in [4.69, 9.17) is 36.3 Å². The van der Waals surface area contributed by atoms with Crippen molar-refractivity contribution in [1.82, 2.24) is 35.6 Å². The molecule has 5 aromatic rings. The lowest BCUT2D eigenvalue weighted by Crippen LogP contribution is -2.59. The Morgan fingerprint density at radius 2 is 1.57 bits per heavy atom. The number of thiazole rings is 1. The molecule has 0 unspecified atom stereocenters. The molecule has 1 aromatic heterocycles. The van der Waals surface area contributed by atoms with Gasteiger partial charge in [0.2, 0.25) is 23.6 Å². The highest BCUT2D eigenvalue weighted by molar-refractivity contribution is 7.13. The number of hydrogen-bond acceptors (Lipinski definition) is 14. The third kappa shape index (κ3) is 14.1. The van der Waals surface area contributed by atoms with Crippen LogP contribution >= 0.6 is 22.9 Å². The van der Waals surface area contributed by atoms with Crippen molar-refractivity contribution < 1.29 is 66.0 Å². The SMILES string of the molecule is COc1ccc(C(N)=O)c(-c2c(Cl)c(F)cc3c2[C@H](C)[C@@](CNC2CCC(C(=O)N4CCC(OC5CCN(C(=O)COc6cc(-c7scnc7C)ccc6CNC(=O)[C@@H]6C[C@@H](O)CN6C(=O)[C@@H](NC(=O)C6(F)CC6)C(C)(C)C)CC5)CC4)CC2)(c2ccccc2)O3)c1F. The normalized spacial score (nSPS) is 23.4. The average molecular weight is 1320 g/mol. The predicted molar refractivity (Wildman–Crippen MR) is 343 cm³/mol. The number of hydrogen-bond donors (Lipinski definition) is 5. The number of nitrogens with one attached hydrogen (secondary N) is 3. The fourth-order valence-electron chi connectivity index (χ4n) is 14.0. The Morgan fingerprint density at radius 3 is 2.19 bits per heavy atom. The van der Waals surface area contributed by atoms with Crippen LogP contribution in [0.15, 0.2) is 72.2 Å². The lowest BCUT2D eigenvalue weighted by molar-refractivity contribution is -0.145. The summed E-state index contributed by atoms with van der Waals surface area (Å²) >= 11 is 8.18. The molecule has 2 aliphatic carbocycles. The summed E-state index contributed by atoms with van der Waals surface area (Å²) in [7, 11) is 1.29. The number of benzene rings is 4. The molecule has 24 heteroatoms. The number of carbonyl (C=O) groups is 6. The van der Waals surface area contributed by atoms with Crippen LogP contribution in [-0.4, -0.2) is 155 Å². The number of likely N-dealkylation sites (tertiary alicyclic amines) is 3. The van der Waals surface area contributed by atoms with Gasteiger partial charge in [-0.3, -0.25) is 28.8 Å². The summed E-state index contributed by atoms with van der Waals surface area (Å²) in [6.45, 7) is 11.0. The van der Waals surface area contributed by atoms with Gasteiger partial charge in [0.15, 0.2) is 29.4 Å². The zero-order valence-electron chi connectivity index (χ0n) is 53.3. The van der Waals surface area contributed by atoms with Crippen molar-refractivity contribution in [2.75, 3.05) is 53.0 Å². The Bertz CT molecular complexity index is 3640. The number of β-amino-alcohol motifs (C(OH)–C–C–N with tert-alkyl or cyclic N) is 1. The van der Waals surface area contributed by atoms with E-state index in [1.807, 2.05) is 67.3 Å². The van der Waals surface area contributed by atoms with Gasteiger partial charge in [0.25, 0.3) is 11.8 Å². The molecule has 498 valence electrons. The van der Waals surface area contributed by atoms with Gasteiger partial charge in [-0.05, 0) is 106 Å². The zero-order valence-corrected chi connectivity index (χ0v) is 54.9. The number of carbonyl (C=O) groups excluding carboxylic acids is 6. The number of aliphatic hydroxyl groups excluding tert-OH is 1. The molecular formula is C69H82ClF3N8O11S. The van der Waals surface area contributed by atoms with Gasteiger partial charge < -0.3 is 60.4 Å². The highest BCUT2D eigenvalue weighted by Gasteiger charge is 2.54. The number of primary amides is 1. The third-order valence-electron chi connectivity index (χ3n) is 19.6. The van der Waals surface area contributed by atoms with Crippen molar-refractivity contribution in [2.24, 2.45) is 17.1 Å². The molecule has 6 N–H and O–H groups in total. The molecule has 93 heavy (non-hydrogen) atoms. The minimum absolute atomic E-state index is 0.0293. The first-order chi connectivity index (χ1) is 44.4. The number of aryl methyl sites for hydroxylation is 1. The summed E-state index contributed by atoms with van der Waals surface area (Å²) in [4.78, 5) is 91.8. The number of amides is 6. The Balaban J connectivity index is 0.647. The largest absolute Gasteiger partial charge is 0.494 e. The molecule has 5 fully saturated rings. The van der Waals surface area contributed by atoms with E-state index in [9.17, 15) is 38.3 Å². The van der Waals surface area contributed by atoms with E-state index in [1.54, 1.807) is 31.2 Å². The Hall–Kier alpha value is -7.31. The molecule has 2 saturated carbocycles. The van der Waals surface area contributed by atoms with Crippen LogP contribution in [0.2, 0.25) is 5.02 Å². The fraction of sp³-hybridized carbons (Fsp3) is 0.522. The summed E-state index contributed by atoms with van der Waals surface area (Å²) < 4.78 is 72.0. The number of methoxy groups -OCH3 is 1. The van der Waals surface area contributed by atoms with Crippen molar-refractivity contribution in [3.63, 3.8) is 0 Å². The van der Waals surface area contributed by atoms with Crippen molar-refractivity contribution in [3.05, 3.63) is 117 Å². The summed E-state index contributed by atoms with van der Waals surface area (Å²) in [5.74, 6) is -5.06. The third-order valence-corrected chi connectivity index (χ3v) is 21.0. The van der Waals surface area contributed by atoms with E-state index in [1.165, 1.54) is 41.5 Å². The number of aliphatic hydroxyl groups is 1. The van der Waals surface area contributed by atoms with Gasteiger partial charge in [-0.2, -0.15) is 0 Å². The first-order valence-electron chi connectivity index (χ1n) is 32.2. The van der Waals surface area contributed by atoms with Crippen LogP contribution < -0.4 is 35.9 Å². The number of nitrogens with zero attached hydrogens (tertiary/aromatic N) is 4. The minimum Gasteiger partial charge on any atom is -0.494 e. The van der Waals surface area contributed by atoms with Crippen molar-refractivity contribution >= 4 is 58.4 Å². The number of piperidine rings is 2. The second-order valence-corrected chi connectivity index (χ2v) is 28.0. The highest BCUT2D eigenvalue weighted by Crippen LogP contribution is 2.57. The maximum absolute atomic E-state index is 16.3. The smallest absolute Gasteiger partial charge is 0.260 e. The molecule has 3 saturated heterocycles. The minimum atomic E-state index is -2.01. The van der Waals surface area contributed by atoms with E-state index in [0.717, 1.165) is 34.5 Å². The molecule has 0 radical (unpaired) electrons. The van der Waals surface area contributed by atoms with Gasteiger partial charge in [-0.25, -0.2) is 18.2 Å². The van der Waals surface area contributed by atoms with Crippen molar-refractivity contribution in [1.29, 1.82) is 0 Å². The van der Waals surface area contributed by atoms with Gasteiger partial charge in [0, 0.05) is 98.4 Å². The standard InChI is InChI=1S/C69H82ClF3N8O11S/c1-38-55-53(32-49(71)58(70)57(55)56-48(62(74)84)18-19-51(89-6)59(56)72)92-69(38,43-10-8-7-9-11-43)36-76-44-16-14-40(15-17-44)64(86)80-28-22-47(23-29-80)91-46-20-26-79(27-21-46)54(83)35-90-52-30-41(60-39(2)77-37-93-60)12-13-42(52)33-75-63(85)50-31-45(82)34-81(50)65(87)61(67(3,4)5)78-66(88)68(73)24-25-68/h7-13,18-19,30,32,37-38,40,44-47,50,61,76,82H,14-17,20-29,31,33-36H2,1-6H3,(H2,74,84)(H,75,85)(H,78,88)/t38-,40?,44?,45+,50-,61+,69-/m0/s1. The number of fused-ring (bicyclic) bond motifs is 1. The molecule has 0 bridgehead atoms. The van der Waals surface area contributed by atoms with E-state index in [0.29, 0.717) is 81.6 Å². The highest BCUT2D eigenvalue weighted by atomic mass is 35.5. The second-order valence-electron chi connectivity index (χ2n) is 26.8. The molecule has 0 spiro atoms. The van der Waals surface area contributed by atoms with E-state index < -0.39 is 76.1 Å². The molecule has 11 rings (SSSR count). The second kappa shape index (κ2) is 27.6. The molecule has 5 heterocycles. The Labute approximate surface area is 548 Å². The molecule has 6 aliphatic rings. The topological polar surface area (TPSA) is 244 Å². The molecule has 4 aliphatic heterocycles. The van der Waals surface area contributed by atoms with Crippen molar-refractivity contribution in [2.45, 2.75) is 165 Å². The lowest BCUT2D eigenvalue weighted by atomic mass is 9.77. The molecule has 19 nitrogen and oxygen atoms in total. The zero-order chi connectivity index (χ0) is 66.3. The van der Waals surface area contributed by atoms with Gasteiger partial charge in [-0.15, -0.1) is 11.3 Å².